The molecule has 0 aliphatic carbocycles. The van der Waals surface area contributed by atoms with Gasteiger partial charge >= 0.3 is 6.09 Å². The first kappa shape index (κ1) is 17.6. The van der Waals surface area contributed by atoms with E-state index in [1.54, 1.807) is 4.90 Å². The van der Waals surface area contributed by atoms with E-state index in [1.165, 1.54) is 0 Å². The lowest BCUT2D eigenvalue weighted by Crippen LogP contribution is -2.50. The van der Waals surface area contributed by atoms with Crippen molar-refractivity contribution in [1.82, 2.24) is 15.1 Å². The van der Waals surface area contributed by atoms with Crippen molar-refractivity contribution in [2.24, 2.45) is 0 Å². The maximum atomic E-state index is 12.2. The molecule has 3 rings (SSSR count). The van der Waals surface area contributed by atoms with Gasteiger partial charge in [0.05, 0.1) is 22.6 Å². The van der Waals surface area contributed by atoms with E-state index in [-0.39, 0.29) is 6.09 Å². The summed E-state index contributed by atoms with van der Waals surface area (Å²) in [6, 6.07) is 7.69. The lowest BCUT2D eigenvalue weighted by Gasteiger charge is -2.36. The second-order valence-corrected chi connectivity index (χ2v) is 7.47. The molecule has 1 fully saturated rings. The number of hydrogen-bond donors (Lipinski definition) is 1. The normalized spacial score (nSPS) is 15.4. The number of ether oxygens (including phenoxy) is 1. The minimum absolute atomic E-state index is 0.259. The van der Waals surface area contributed by atoms with E-state index in [9.17, 15) is 4.79 Å². The molecular weight excluding hydrogens is 340 g/mol. The zero-order valence-corrected chi connectivity index (χ0v) is 15.5. The highest BCUT2D eigenvalue weighted by molar-refractivity contribution is 6.33. The number of benzene rings is 1. The lowest BCUT2D eigenvalue weighted by molar-refractivity contribution is 0.0240. The fraction of sp³-hybridized carbons (Fsp3) is 0.444. The van der Waals surface area contributed by atoms with Crippen molar-refractivity contribution in [3.05, 3.63) is 35.5 Å². The van der Waals surface area contributed by atoms with E-state index in [2.05, 4.69) is 15.1 Å². The van der Waals surface area contributed by atoms with Crippen LogP contribution in [0.25, 0.3) is 11.3 Å². The summed E-state index contributed by atoms with van der Waals surface area (Å²) >= 11 is 6.32. The number of anilines is 1. The zero-order valence-electron chi connectivity index (χ0n) is 14.8. The van der Waals surface area contributed by atoms with Crippen LogP contribution in [0.3, 0.4) is 0 Å². The van der Waals surface area contributed by atoms with Crippen LogP contribution >= 0.6 is 11.6 Å². The Labute approximate surface area is 152 Å². The molecule has 1 N–H and O–H groups in total. The third-order valence-electron chi connectivity index (χ3n) is 4.03. The molecule has 2 heterocycles. The first-order chi connectivity index (χ1) is 11.8. The van der Waals surface area contributed by atoms with Gasteiger partial charge in [0.15, 0.2) is 0 Å². The van der Waals surface area contributed by atoms with Crippen molar-refractivity contribution < 1.29 is 9.53 Å². The molecule has 0 bridgehead atoms. The number of nitrogens with one attached hydrogen (secondary N) is 1. The molecule has 25 heavy (non-hydrogen) atoms. The molecule has 1 aromatic carbocycles. The molecule has 1 saturated heterocycles. The average molecular weight is 363 g/mol. The van der Waals surface area contributed by atoms with Crippen molar-refractivity contribution in [3.63, 3.8) is 0 Å². The van der Waals surface area contributed by atoms with E-state index in [4.69, 9.17) is 16.3 Å². The summed E-state index contributed by atoms with van der Waals surface area (Å²) in [4.78, 5) is 16.1. The highest BCUT2D eigenvalue weighted by Crippen LogP contribution is 2.33. The van der Waals surface area contributed by atoms with Crippen LogP contribution in [0.1, 0.15) is 20.8 Å². The maximum Gasteiger partial charge on any atom is 0.410 e. The molecule has 1 aromatic heterocycles. The van der Waals surface area contributed by atoms with E-state index >= 15 is 0 Å². The molecule has 0 atom stereocenters. The molecule has 2 aromatic rings. The summed E-state index contributed by atoms with van der Waals surface area (Å²) < 4.78 is 5.44. The van der Waals surface area contributed by atoms with Crippen molar-refractivity contribution in [2.75, 3.05) is 31.1 Å². The molecule has 0 spiro atoms. The van der Waals surface area contributed by atoms with Crippen molar-refractivity contribution in [2.45, 2.75) is 26.4 Å². The summed E-state index contributed by atoms with van der Waals surface area (Å²) in [6.45, 7) is 8.30. The standard InChI is InChI=1S/C18H23ClN4O2/c1-18(2,3)25-17(24)23-10-8-22(9-11-23)15-12-20-21-16(15)13-6-4-5-7-14(13)19/h4-7,12H,8-11H2,1-3H3,(H,20,21). The largest absolute Gasteiger partial charge is 0.444 e. The van der Waals surface area contributed by atoms with Crippen molar-refractivity contribution >= 4 is 23.4 Å². The number of carbonyl (C=O) groups is 1. The van der Waals surface area contributed by atoms with E-state index in [0.29, 0.717) is 18.1 Å². The molecular formula is C18H23ClN4O2. The summed E-state index contributed by atoms with van der Waals surface area (Å²) in [5.41, 5.74) is 2.34. The van der Waals surface area contributed by atoms with Crippen LogP contribution in [0, 0.1) is 0 Å². The fourth-order valence-corrected chi connectivity index (χ4v) is 3.07. The zero-order chi connectivity index (χ0) is 18.0. The summed E-state index contributed by atoms with van der Waals surface area (Å²) in [5, 5.41) is 7.91. The van der Waals surface area contributed by atoms with Crippen molar-refractivity contribution in [3.8, 4) is 11.3 Å². The van der Waals surface area contributed by atoms with Crippen LogP contribution in [0.15, 0.2) is 30.5 Å². The number of nitrogens with zero attached hydrogens (tertiary/aromatic N) is 3. The Morgan fingerprint density at radius 2 is 1.88 bits per heavy atom. The number of amides is 1. The van der Waals surface area contributed by atoms with Gasteiger partial charge in [-0.3, -0.25) is 5.10 Å². The molecule has 134 valence electrons. The Hall–Kier alpha value is -2.21. The first-order valence-electron chi connectivity index (χ1n) is 8.36. The predicted molar refractivity (Wildman–Crippen MR) is 99.1 cm³/mol. The topological polar surface area (TPSA) is 61.5 Å². The Kier molecular flexibility index (Phi) is 4.90. The summed E-state index contributed by atoms with van der Waals surface area (Å²) in [6.07, 6.45) is 1.55. The molecule has 1 aliphatic heterocycles. The molecule has 1 aliphatic rings. The first-order valence-corrected chi connectivity index (χ1v) is 8.74. The number of halogens is 1. The maximum absolute atomic E-state index is 12.2. The summed E-state index contributed by atoms with van der Waals surface area (Å²) in [7, 11) is 0. The Morgan fingerprint density at radius 3 is 2.52 bits per heavy atom. The third kappa shape index (κ3) is 4.07. The van der Waals surface area contributed by atoms with Gasteiger partial charge in [0.25, 0.3) is 0 Å². The molecule has 7 heteroatoms. The van der Waals surface area contributed by atoms with Gasteiger partial charge in [-0.15, -0.1) is 0 Å². The van der Waals surface area contributed by atoms with Gasteiger partial charge in [-0.25, -0.2) is 4.79 Å². The van der Waals surface area contributed by atoms with Gasteiger partial charge in [0.2, 0.25) is 0 Å². The van der Waals surface area contributed by atoms with Crippen LogP contribution in [0.2, 0.25) is 5.02 Å². The lowest BCUT2D eigenvalue weighted by atomic mass is 10.1. The number of piperazine rings is 1. The molecule has 1 amide bonds. The fourth-order valence-electron chi connectivity index (χ4n) is 2.84. The van der Waals surface area contributed by atoms with Gasteiger partial charge in [0.1, 0.15) is 5.60 Å². The monoisotopic (exact) mass is 362 g/mol. The number of carbonyl (C=O) groups excluding carboxylic acids is 1. The second kappa shape index (κ2) is 6.96. The molecule has 0 radical (unpaired) electrons. The highest BCUT2D eigenvalue weighted by atomic mass is 35.5. The Morgan fingerprint density at radius 1 is 1.20 bits per heavy atom. The number of H-pyrrole nitrogens is 1. The number of hydrogen-bond acceptors (Lipinski definition) is 4. The molecule has 0 unspecified atom stereocenters. The summed E-state index contributed by atoms with van der Waals surface area (Å²) in [5.74, 6) is 0. The van der Waals surface area contributed by atoms with Crippen LogP contribution in [-0.2, 0) is 4.74 Å². The van der Waals surface area contributed by atoms with E-state index in [0.717, 1.165) is 30.0 Å². The predicted octanol–water partition coefficient (Wildman–Crippen LogP) is 3.79. The van der Waals surface area contributed by atoms with Crippen LogP contribution in [-0.4, -0.2) is 53.0 Å². The number of aromatic amines is 1. The Bertz CT molecular complexity index is 746. The Balaban J connectivity index is 1.70. The minimum atomic E-state index is -0.476. The second-order valence-electron chi connectivity index (χ2n) is 7.06. The minimum Gasteiger partial charge on any atom is -0.444 e. The van der Waals surface area contributed by atoms with Crippen LogP contribution < -0.4 is 4.90 Å². The highest BCUT2D eigenvalue weighted by Gasteiger charge is 2.27. The SMILES string of the molecule is CC(C)(C)OC(=O)N1CCN(c2cn[nH]c2-c2ccccc2Cl)CC1. The van der Waals surface area contributed by atoms with E-state index < -0.39 is 5.60 Å². The van der Waals surface area contributed by atoms with E-state index in [1.807, 2.05) is 51.2 Å². The molecule has 0 saturated carbocycles. The van der Waals surface area contributed by atoms with Gasteiger partial charge in [0, 0.05) is 31.7 Å². The number of rotatable bonds is 2. The van der Waals surface area contributed by atoms with Gasteiger partial charge in [-0.1, -0.05) is 29.8 Å². The van der Waals surface area contributed by atoms with Crippen molar-refractivity contribution in [1.29, 1.82) is 0 Å². The van der Waals surface area contributed by atoms with Crippen LogP contribution in [0.4, 0.5) is 10.5 Å². The van der Waals surface area contributed by atoms with Crippen LogP contribution in [0.5, 0.6) is 0 Å². The van der Waals surface area contributed by atoms with Gasteiger partial charge in [-0.2, -0.15) is 5.10 Å². The smallest absolute Gasteiger partial charge is 0.410 e. The third-order valence-corrected chi connectivity index (χ3v) is 4.36. The number of aromatic nitrogens is 2. The molecule has 6 nitrogen and oxygen atoms in total. The van der Waals surface area contributed by atoms with Gasteiger partial charge < -0.3 is 14.5 Å². The average Bonchev–Trinajstić information content (AvgIpc) is 3.03. The van der Waals surface area contributed by atoms with Gasteiger partial charge in [-0.05, 0) is 26.8 Å². The quantitative estimate of drug-likeness (QED) is 0.883.